The van der Waals surface area contributed by atoms with Crippen LogP contribution in [0.25, 0.3) is 0 Å². The Morgan fingerprint density at radius 3 is 1.46 bits per heavy atom. The van der Waals surface area contributed by atoms with Gasteiger partial charge in [0.2, 0.25) is 0 Å². The van der Waals surface area contributed by atoms with E-state index in [9.17, 15) is 0 Å². The fourth-order valence-corrected chi connectivity index (χ4v) is 0.428. The molecule has 3 N–H and O–H groups in total. The third-order valence-corrected chi connectivity index (χ3v) is 0.756. The summed E-state index contributed by atoms with van der Waals surface area (Å²) in [6.45, 7) is 0. The highest BCUT2D eigenvalue weighted by Crippen LogP contribution is 2.02. The van der Waals surface area contributed by atoms with Crippen molar-refractivity contribution in [3.8, 4) is 5.75 Å². The van der Waals surface area contributed by atoms with Crippen molar-refractivity contribution in [2.45, 2.75) is 0 Å². The van der Waals surface area contributed by atoms with Crippen molar-refractivity contribution >= 4 is 34.8 Å². The number of hydrogen-bond acceptors (Lipinski definition) is 5. The van der Waals surface area contributed by atoms with E-state index >= 15 is 0 Å². The minimum Gasteiger partial charge on any atom is -0.508 e. The molecule has 5 heteroatoms. The van der Waals surface area contributed by atoms with E-state index in [-0.39, 0.29) is 0 Å². The van der Waals surface area contributed by atoms with Crippen LogP contribution in [0.3, 0.4) is 0 Å². The van der Waals surface area contributed by atoms with Gasteiger partial charge in [-0.25, -0.2) is 10.8 Å². The van der Waals surface area contributed by atoms with Crippen molar-refractivity contribution in [2.24, 2.45) is 0 Å². The quantitative estimate of drug-likeness (QED) is 0.457. The first-order chi connectivity index (χ1) is 6.22. The Bertz CT molecular complexity index is 263. The standard InChI is InChI=1S/C6H6O.2CHNS/c7-6-4-2-1-3-5-6;2*2-1-3/h1-5,7H;2*2H. The molecule has 13 heavy (non-hydrogen) atoms. The van der Waals surface area contributed by atoms with Crippen LogP contribution in [0.15, 0.2) is 30.3 Å². The number of aromatic hydroxyl groups is 1. The van der Waals surface area contributed by atoms with Gasteiger partial charge in [0.1, 0.15) is 5.75 Å². The molecule has 0 saturated heterocycles. The molecule has 0 spiro atoms. The Labute approximate surface area is 87.1 Å². The Morgan fingerprint density at radius 2 is 1.31 bits per heavy atom. The number of benzene rings is 1. The lowest BCUT2D eigenvalue weighted by molar-refractivity contribution is 0.475. The van der Waals surface area contributed by atoms with E-state index in [1.807, 2.05) is 6.07 Å². The van der Waals surface area contributed by atoms with E-state index in [2.05, 4.69) is 24.4 Å². The lowest BCUT2D eigenvalue weighted by Crippen LogP contribution is -1.56. The molecule has 0 radical (unpaired) electrons. The van der Waals surface area contributed by atoms with E-state index in [1.54, 1.807) is 34.6 Å². The van der Waals surface area contributed by atoms with E-state index < -0.39 is 0 Å². The number of para-hydroxylation sites is 1. The lowest BCUT2D eigenvalue weighted by Gasteiger charge is -1.82. The Balaban J connectivity index is 0. The number of phenols is 1. The minimum atomic E-state index is 0.322. The first-order valence-electron chi connectivity index (χ1n) is 3.04. The highest BCUT2D eigenvalue weighted by Gasteiger charge is 1.74. The molecule has 1 aromatic carbocycles. The van der Waals surface area contributed by atoms with E-state index in [1.165, 1.54) is 0 Å². The van der Waals surface area contributed by atoms with Gasteiger partial charge in [0.05, 0.1) is 10.3 Å². The number of rotatable bonds is 0. The van der Waals surface area contributed by atoms with Gasteiger partial charge < -0.3 is 5.11 Å². The summed E-state index contributed by atoms with van der Waals surface area (Å²) in [5.41, 5.74) is 0. The van der Waals surface area contributed by atoms with Crippen LogP contribution in [0, 0.1) is 10.8 Å². The minimum absolute atomic E-state index is 0.322. The molecule has 0 amide bonds. The molecule has 0 aliphatic carbocycles. The van der Waals surface area contributed by atoms with Crippen LogP contribution in [-0.4, -0.2) is 15.4 Å². The predicted octanol–water partition coefficient (Wildman–Crippen LogP) is 2.73. The zero-order valence-electron chi connectivity index (χ0n) is 6.65. The van der Waals surface area contributed by atoms with Gasteiger partial charge in [0.15, 0.2) is 0 Å². The summed E-state index contributed by atoms with van der Waals surface area (Å²) in [5.74, 6) is 0.322. The molecule has 1 rings (SSSR count). The van der Waals surface area contributed by atoms with Gasteiger partial charge in [0.25, 0.3) is 0 Å². The van der Waals surface area contributed by atoms with Crippen molar-refractivity contribution in [1.82, 2.24) is 0 Å². The Kier molecular flexibility index (Phi) is 14.4. The van der Waals surface area contributed by atoms with Crippen molar-refractivity contribution in [2.75, 3.05) is 0 Å². The third kappa shape index (κ3) is 18.0. The van der Waals surface area contributed by atoms with Gasteiger partial charge in [-0.3, -0.25) is 0 Å². The smallest absolute Gasteiger partial charge is 0.115 e. The average molecular weight is 212 g/mol. The van der Waals surface area contributed by atoms with Crippen molar-refractivity contribution in [3.05, 3.63) is 30.3 Å². The van der Waals surface area contributed by atoms with Crippen LogP contribution < -0.4 is 0 Å². The van der Waals surface area contributed by atoms with Gasteiger partial charge in [-0.1, -0.05) is 18.2 Å². The number of nitrogens with one attached hydrogen (secondary N) is 2. The normalized spacial score (nSPS) is 5.85. The number of thiocarbonyl (C=S) groups is 2. The van der Waals surface area contributed by atoms with Gasteiger partial charge in [-0.05, 0) is 36.6 Å². The molecule has 0 fully saturated rings. The SMILES string of the molecule is N=C=S.N=C=S.Oc1ccccc1. The van der Waals surface area contributed by atoms with Crippen LogP contribution >= 0.6 is 24.4 Å². The number of phenolic OH excluding ortho intramolecular Hbond substituents is 1. The predicted molar refractivity (Wildman–Crippen MR) is 58.7 cm³/mol. The van der Waals surface area contributed by atoms with Crippen molar-refractivity contribution in [1.29, 1.82) is 10.8 Å². The maximum atomic E-state index is 8.63. The molecule has 0 bridgehead atoms. The monoisotopic (exact) mass is 212 g/mol. The molecule has 0 aromatic heterocycles. The van der Waals surface area contributed by atoms with Gasteiger partial charge in [0, 0.05) is 0 Å². The second-order valence-electron chi connectivity index (χ2n) is 1.54. The van der Waals surface area contributed by atoms with E-state index in [0.717, 1.165) is 0 Å². The van der Waals surface area contributed by atoms with Crippen LogP contribution in [-0.2, 0) is 0 Å². The Morgan fingerprint density at radius 1 is 1.00 bits per heavy atom. The summed E-state index contributed by atoms with van der Waals surface area (Å²) in [6, 6.07) is 8.71. The van der Waals surface area contributed by atoms with Gasteiger partial charge in [-0.15, -0.1) is 0 Å². The molecule has 0 aliphatic rings. The fourth-order valence-electron chi connectivity index (χ4n) is 0.428. The average Bonchev–Trinajstić information content (AvgIpc) is 2.08. The van der Waals surface area contributed by atoms with E-state index in [0.29, 0.717) is 5.75 Å². The highest BCUT2D eigenvalue weighted by atomic mass is 32.1. The van der Waals surface area contributed by atoms with Crippen molar-refractivity contribution < 1.29 is 5.11 Å². The van der Waals surface area contributed by atoms with Gasteiger partial charge in [-0.2, -0.15) is 0 Å². The maximum absolute atomic E-state index is 8.63. The van der Waals surface area contributed by atoms with Gasteiger partial charge >= 0.3 is 0 Å². The Hall–Kier alpha value is -1.38. The fraction of sp³-hybridized carbons (Fsp3) is 0. The largest absolute Gasteiger partial charge is 0.508 e. The summed E-state index contributed by atoms with van der Waals surface area (Å²) in [6.07, 6.45) is 0. The first-order valence-corrected chi connectivity index (χ1v) is 3.86. The molecule has 0 heterocycles. The lowest BCUT2D eigenvalue weighted by atomic mass is 10.3. The van der Waals surface area contributed by atoms with Crippen LogP contribution in [0.1, 0.15) is 0 Å². The van der Waals surface area contributed by atoms with Crippen LogP contribution in [0.5, 0.6) is 5.75 Å². The zero-order valence-corrected chi connectivity index (χ0v) is 8.28. The highest BCUT2D eigenvalue weighted by molar-refractivity contribution is 7.78. The van der Waals surface area contributed by atoms with Crippen molar-refractivity contribution in [3.63, 3.8) is 0 Å². The molecule has 68 valence electrons. The molecule has 3 nitrogen and oxygen atoms in total. The third-order valence-electron chi connectivity index (χ3n) is 0.756. The first kappa shape index (κ1) is 14.2. The summed E-state index contributed by atoms with van der Waals surface area (Å²) in [5, 5.41) is 23.3. The summed E-state index contributed by atoms with van der Waals surface area (Å²) in [7, 11) is 0. The number of hydrogen-bond donors (Lipinski definition) is 3. The second kappa shape index (κ2) is 13.2. The molecule has 0 aliphatic heterocycles. The summed E-state index contributed by atoms with van der Waals surface area (Å²) in [4.78, 5) is 0. The summed E-state index contributed by atoms with van der Waals surface area (Å²) >= 11 is 7.62. The topological polar surface area (TPSA) is 67.9 Å². The van der Waals surface area contributed by atoms with Crippen LogP contribution in [0.2, 0.25) is 0 Å². The number of isothiocyanates is 2. The molecule has 0 saturated carbocycles. The molecule has 0 unspecified atom stereocenters. The maximum Gasteiger partial charge on any atom is 0.115 e. The molecule has 0 atom stereocenters. The van der Waals surface area contributed by atoms with E-state index in [4.69, 9.17) is 15.9 Å². The molecular formula is C8H8N2OS2. The summed E-state index contributed by atoms with van der Waals surface area (Å²) < 4.78 is 0. The second-order valence-corrected chi connectivity index (χ2v) is 1.95. The zero-order chi connectivity index (χ0) is 10.5. The molecular weight excluding hydrogens is 204 g/mol. The molecule has 1 aromatic rings. The van der Waals surface area contributed by atoms with Crippen LogP contribution in [0.4, 0.5) is 0 Å².